The standard InChI is InChI=1S/C14H18O4/c1-3-7-14(16)17-10-13(18-11(2)15)12-8-5-4-6-9-12/h4-6,8-9,13H,3,7,10H2,1-2H3. The third kappa shape index (κ3) is 4.99. The van der Waals surface area contributed by atoms with Gasteiger partial charge in [0.15, 0.2) is 6.10 Å². The zero-order valence-electron chi connectivity index (χ0n) is 10.7. The van der Waals surface area contributed by atoms with Crippen molar-refractivity contribution in [3.8, 4) is 0 Å². The van der Waals surface area contributed by atoms with E-state index in [1.54, 1.807) is 0 Å². The second-order valence-electron chi connectivity index (χ2n) is 3.94. The first-order chi connectivity index (χ1) is 8.63. The van der Waals surface area contributed by atoms with Crippen molar-refractivity contribution >= 4 is 11.9 Å². The summed E-state index contributed by atoms with van der Waals surface area (Å²) in [5.41, 5.74) is 0.817. The van der Waals surface area contributed by atoms with Crippen molar-refractivity contribution in [1.82, 2.24) is 0 Å². The smallest absolute Gasteiger partial charge is 0.305 e. The first-order valence-corrected chi connectivity index (χ1v) is 6.01. The molecule has 0 bridgehead atoms. The molecule has 98 valence electrons. The molecule has 0 fully saturated rings. The van der Waals surface area contributed by atoms with E-state index in [-0.39, 0.29) is 12.6 Å². The summed E-state index contributed by atoms with van der Waals surface area (Å²) in [6, 6.07) is 9.24. The highest BCUT2D eigenvalue weighted by molar-refractivity contribution is 5.69. The SMILES string of the molecule is CCCC(=O)OCC(OC(C)=O)c1ccccc1. The second-order valence-corrected chi connectivity index (χ2v) is 3.94. The maximum atomic E-state index is 11.3. The molecular formula is C14H18O4. The first-order valence-electron chi connectivity index (χ1n) is 6.01. The maximum absolute atomic E-state index is 11.3. The fraction of sp³-hybridized carbons (Fsp3) is 0.429. The molecule has 0 aliphatic rings. The van der Waals surface area contributed by atoms with E-state index in [2.05, 4.69) is 0 Å². The van der Waals surface area contributed by atoms with Gasteiger partial charge in [0.1, 0.15) is 6.61 Å². The van der Waals surface area contributed by atoms with E-state index in [4.69, 9.17) is 9.47 Å². The van der Waals surface area contributed by atoms with Crippen LogP contribution in [0.1, 0.15) is 38.4 Å². The molecule has 0 saturated carbocycles. The summed E-state index contributed by atoms with van der Waals surface area (Å²) in [6.45, 7) is 3.30. The molecule has 1 unspecified atom stereocenters. The summed E-state index contributed by atoms with van der Waals surface area (Å²) in [6.07, 6.45) is 0.578. The lowest BCUT2D eigenvalue weighted by atomic mass is 10.1. The maximum Gasteiger partial charge on any atom is 0.305 e. The Balaban J connectivity index is 2.62. The molecule has 0 N–H and O–H groups in total. The number of esters is 2. The van der Waals surface area contributed by atoms with E-state index in [9.17, 15) is 9.59 Å². The van der Waals surface area contributed by atoms with Crippen LogP contribution in [0, 0.1) is 0 Å². The van der Waals surface area contributed by atoms with Crippen molar-refractivity contribution in [2.75, 3.05) is 6.61 Å². The molecule has 1 aromatic rings. The molecule has 0 heterocycles. The van der Waals surface area contributed by atoms with Crippen LogP contribution in [0.2, 0.25) is 0 Å². The molecule has 1 atom stereocenters. The molecule has 0 aliphatic heterocycles. The molecule has 4 nitrogen and oxygen atoms in total. The molecule has 0 radical (unpaired) electrons. The van der Waals surface area contributed by atoms with Crippen LogP contribution in [0.25, 0.3) is 0 Å². The van der Waals surface area contributed by atoms with Crippen LogP contribution in [0.4, 0.5) is 0 Å². The van der Waals surface area contributed by atoms with Gasteiger partial charge in [0.05, 0.1) is 0 Å². The molecule has 0 spiro atoms. The number of hydrogen-bond acceptors (Lipinski definition) is 4. The van der Waals surface area contributed by atoms with Crippen LogP contribution >= 0.6 is 0 Å². The topological polar surface area (TPSA) is 52.6 Å². The number of benzene rings is 1. The quantitative estimate of drug-likeness (QED) is 0.728. The average molecular weight is 250 g/mol. The van der Waals surface area contributed by atoms with Crippen molar-refractivity contribution < 1.29 is 19.1 Å². The number of carbonyl (C=O) groups is 2. The molecule has 1 rings (SSSR count). The normalized spacial score (nSPS) is 11.7. The van der Waals surface area contributed by atoms with Crippen LogP contribution in [0.15, 0.2) is 30.3 Å². The van der Waals surface area contributed by atoms with E-state index in [1.165, 1.54) is 6.92 Å². The molecule has 1 aromatic carbocycles. The number of ether oxygens (including phenoxy) is 2. The summed E-state index contributed by atoms with van der Waals surface area (Å²) in [5.74, 6) is -0.666. The molecule has 0 saturated heterocycles. The minimum atomic E-state index is -0.537. The van der Waals surface area contributed by atoms with Gasteiger partial charge in [-0.3, -0.25) is 9.59 Å². The van der Waals surface area contributed by atoms with E-state index in [0.717, 1.165) is 12.0 Å². The predicted octanol–water partition coefficient (Wildman–Crippen LogP) is 2.63. The molecule has 4 heteroatoms. The Hall–Kier alpha value is -1.84. The summed E-state index contributed by atoms with van der Waals surface area (Å²) in [4.78, 5) is 22.3. The van der Waals surface area contributed by atoms with Gasteiger partial charge in [-0.2, -0.15) is 0 Å². The number of hydrogen-bond donors (Lipinski definition) is 0. The summed E-state index contributed by atoms with van der Waals surface area (Å²) < 4.78 is 10.2. The Morgan fingerprint density at radius 1 is 1.22 bits per heavy atom. The molecule has 0 aromatic heterocycles. The lowest BCUT2D eigenvalue weighted by Gasteiger charge is -2.17. The second kappa shape index (κ2) is 7.48. The fourth-order valence-electron chi connectivity index (χ4n) is 1.51. The van der Waals surface area contributed by atoms with Gasteiger partial charge in [-0.25, -0.2) is 0 Å². The van der Waals surface area contributed by atoms with Gasteiger partial charge in [0.25, 0.3) is 0 Å². The molecular weight excluding hydrogens is 232 g/mol. The molecule has 0 amide bonds. The molecule has 0 aliphatic carbocycles. The Bertz CT molecular complexity index is 386. The average Bonchev–Trinajstić information content (AvgIpc) is 2.35. The van der Waals surface area contributed by atoms with Crippen molar-refractivity contribution in [3.05, 3.63) is 35.9 Å². The fourth-order valence-corrected chi connectivity index (χ4v) is 1.51. The van der Waals surface area contributed by atoms with Crippen molar-refractivity contribution in [2.24, 2.45) is 0 Å². The third-order valence-corrected chi connectivity index (χ3v) is 2.33. The minimum absolute atomic E-state index is 0.0580. The van der Waals surface area contributed by atoms with Crippen LogP contribution < -0.4 is 0 Å². The Morgan fingerprint density at radius 2 is 1.89 bits per heavy atom. The van der Waals surface area contributed by atoms with Gasteiger partial charge >= 0.3 is 11.9 Å². The Kier molecular flexibility index (Phi) is 5.91. The summed E-state index contributed by atoms with van der Waals surface area (Å²) in [7, 11) is 0. The summed E-state index contributed by atoms with van der Waals surface area (Å²) in [5, 5.41) is 0. The predicted molar refractivity (Wildman–Crippen MR) is 66.8 cm³/mol. The van der Waals surface area contributed by atoms with Crippen LogP contribution in [0.5, 0.6) is 0 Å². The largest absolute Gasteiger partial charge is 0.461 e. The van der Waals surface area contributed by atoms with E-state index in [1.807, 2.05) is 37.3 Å². The van der Waals surface area contributed by atoms with E-state index in [0.29, 0.717) is 6.42 Å². The monoisotopic (exact) mass is 250 g/mol. The van der Waals surface area contributed by atoms with Gasteiger partial charge in [-0.15, -0.1) is 0 Å². The van der Waals surface area contributed by atoms with Crippen molar-refractivity contribution in [3.63, 3.8) is 0 Å². The van der Waals surface area contributed by atoms with Crippen LogP contribution in [0.3, 0.4) is 0 Å². The Morgan fingerprint density at radius 3 is 2.44 bits per heavy atom. The lowest BCUT2D eigenvalue weighted by molar-refractivity contribution is -0.158. The number of rotatable bonds is 6. The lowest BCUT2D eigenvalue weighted by Crippen LogP contribution is -2.17. The van der Waals surface area contributed by atoms with Gasteiger partial charge in [0, 0.05) is 13.3 Å². The van der Waals surface area contributed by atoms with Gasteiger partial charge < -0.3 is 9.47 Å². The van der Waals surface area contributed by atoms with E-state index < -0.39 is 12.1 Å². The summed E-state index contributed by atoms with van der Waals surface area (Å²) >= 11 is 0. The first kappa shape index (κ1) is 14.2. The van der Waals surface area contributed by atoms with Gasteiger partial charge in [0.2, 0.25) is 0 Å². The minimum Gasteiger partial charge on any atom is -0.461 e. The third-order valence-electron chi connectivity index (χ3n) is 2.33. The zero-order chi connectivity index (χ0) is 13.4. The highest BCUT2D eigenvalue weighted by Crippen LogP contribution is 2.18. The van der Waals surface area contributed by atoms with Gasteiger partial charge in [-0.05, 0) is 12.0 Å². The highest BCUT2D eigenvalue weighted by Gasteiger charge is 2.16. The zero-order valence-corrected chi connectivity index (χ0v) is 10.7. The highest BCUT2D eigenvalue weighted by atomic mass is 16.6. The van der Waals surface area contributed by atoms with Crippen molar-refractivity contribution in [2.45, 2.75) is 32.8 Å². The molecule has 18 heavy (non-hydrogen) atoms. The van der Waals surface area contributed by atoms with E-state index >= 15 is 0 Å². The van der Waals surface area contributed by atoms with Crippen LogP contribution in [-0.2, 0) is 19.1 Å². The number of carbonyl (C=O) groups excluding carboxylic acids is 2. The van der Waals surface area contributed by atoms with Crippen molar-refractivity contribution in [1.29, 1.82) is 0 Å². The van der Waals surface area contributed by atoms with Crippen LogP contribution in [-0.4, -0.2) is 18.5 Å². The Labute approximate surface area is 107 Å². The van der Waals surface area contributed by atoms with Gasteiger partial charge in [-0.1, -0.05) is 37.3 Å².